The third-order valence-corrected chi connectivity index (χ3v) is 4.06. The van der Waals surface area contributed by atoms with Gasteiger partial charge in [-0.25, -0.2) is 9.18 Å². The molecule has 0 aliphatic rings. The first-order valence-corrected chi connectivity index (χ1v) is 9.64. The minimum absolute atomic E-state index is 0.0456. The zero-order valence-electron chi connectivity index (χ0n) is 18.4. The highest BCUT2D eigenvalue weighted by atomic mass is 19.1. The summed E-state index contributed by atoms with van der Waals surface area (Å²) in [6.07, 6.45) is 0. The van der Waals surface area contributed by atoms with E-state index in [-0.39, 0.29) is 17.0 Å². The van der Waals surface area contributed by atoms with Crippen LogP contribution in [0.4, 0.5) is 14.9 Å². The number of amides is 4. The summed E-state index contributed by atoms with van der Waals surface area (Å²) >= 11 is 0. The maximum absolute atomic E-state index is 14.2. The van der Waals surface area contributed by atoms with E-state index in [2.05, 4.69) is 22.3 Å². The summed E-state index contributed by atoms with van der Waals surface area (Å²) < 4.78 is 14.2. The van der Waals surface area contributed by atoms with Crippen molar-refractivity contribution in [2.45, 2.75) is 13.8 Å². The molecular weight excluding hydrogens is 415 g/mol. The normalized spacial score (nSPS) is 10.3. The van der Waals surface area contributed by atoms with E-state index < -0.39 is 23.7 Å². The Bertz CT molecular complexity index is 1030. The van der Waals surface area contributed by atoms with Crippen LogP contribution in [-0.2, 0) is 4.79 Å². The van der Waals surface area contributed by atoms with Crippen LogP contribution in [0.2, 0.25) is 0 Å². The number of urea groups is 1. The molecule has 0 saturated heterocycles. The van der Waals surface area contributed by atoms with Crippen LogP contribution in [0.15, 0.2) is 59.8 Å². The first-order valence-electron chi connectivity index (χ1n) is 9.64. The van der Waals surface area contributed by atoms with Crippen molar-refractivity contribution in [2.24, 2.45) is 16.6 Å². The Kier molecular flexibility index (Phi) is 9.56. The molecule has 0 heterocycles. The highest BCUT2D eigenvalue weighted by molar-refractivity contribution is 6.45. The lowest BCUT2D eigenvalue weighted by molar-refractivity contribution is -0.111. The number of nitrogens with two attached hydrogens (primary N) is 2. The molecule has 0 atom stereocenters. The van der Waals surface area contributed by atoms with Crippen LogP contribution < -0.4 is 27.1 Å². The third kappa shape index (κ3) is 6.66. The fourth-order valence-electron chi connectivity index (χ4n) is 2.56. The Hall–Kier alpha value is -4.21. The van der Waals surface area contributed by atoms with Crippen LogP contribution in [0.25, 0.3) is 11.1 Å². The highest BCUT2D eigenvalue weighted by Gasteiger charge is 2.15. The van der Waals surface area contributed by atoms with E-state index in [1.807, 2.05) is 13.8 Å². The van der Waals surface area contributed by atoms with Gasteiger partial charge >= 0.3 is 6.03 Å². The van der Waals surface area contributed by atoms with Crippen molar-refractivity contribution in [1.29, 1.82) is 0 Å². The highest BCUT2D eigenvalue weighted by Crippen LogP contribution is 2.25. The smallest absolute Gasteiger partial charge is 0.316 e. The lowest BCUT2D eigenvalue weighted by Crippen LogP contribution is -2.37. The molecule has 10 heteroatoms. The molecule has 0 spiro atoms. The fraction of sp³-hybridized carbons (Fsp3) is 0.182. The number of benzene rings is 2. The van der Waals surface area contributed by atoms with Crippen molar-refractivity contribution in [1.82, 2.24) is 10.6 Å². The van der Waals surface area contributed by atoms with Crippen LogP contribution in [-0.4, -0.2) is 37.7 Å². The van der Waals surface area contributed by atoms with Gasteiger partial charge in [0.1, 0.15) is 5.82 Å². The zero-order valence-corrected chi connectivity index (χ0v) is 18.4. The van der Waals surface area contributed by atoms with Crippen LogP contribution in [0.3, 0.4) is 0 Å². The Morgan fingerprint density at radius 1 is 1.03 bits per heavy atom. The van der Waals surface area contributed by atoms with Gasteiger partial charge in [0.25, 0.3) is 11.8 Å². The number of carbonyl (C=O) groups is 3. The molecule has 9 nitrogen and oxygen atoms in total. The van der Waals surface area contributed by atoms with E-state index in [4.69, 9.17) is 11.5 Å². The van der Waals surface area contributed by atoms with Gasteiger partial charge < -0.3 is 22.1 Å². The minimum atomic E-state index is -0.907. The number of anilines is 1. The Morgan fingerprint density at radius 3 is 2.06 bits per heavy atom. The second-order valence-electron chi connectivity index (χ2n) is 6.12. The van der Waals surface area contributed by atoms with Crippen LogP contribution in [0.5, 0.6) is 0 Å². The Labute approximate surface area is 186 Å². The molecule has 0 aliphatic carbocycles. The molecule has 0 radical (unpaired) electrons. The number of rotatable bonds is 7. The van der Waals surface area contributed by atoms with Crippen LogP contribution >= 0.6 is 0 Å². The van der Waals surface area contributed by atoms with Gasteiger partial charge in [-0.15, -0.1) is 0 Å². The molecule has 0 aliphatic heterocycles. The molecular formula is C22H27FN6O3. The first-order chi connectivity index (χ1) is 15.1. The summed E-state index contributed by atoms with van der Waals surface area (Å²) in [6, 6.07) is 10.2. The minimum Gasteiger partial charge on any atom is -0.364 e. The van der Waals surface area contributed by atoms with Gasteiger partial charge in [-0.1, -0.05) is 38.6 Å². The summed E-state index contributed by atoms with van der Waals surface area (Å²) in [5.41, 5.74) is 11.7. The molecule has 2 aromatic carbocycles. The molecule has 0 saturated carbocycles. The third-order valence-electron chi connectivity index (χ3n) is 4.06. The number of nitrogens with one attached hydrogen (secondary N) is 2. The van der Waals surface area contributed by atoms with Crippen LogP contribution in [0, 0.1) is 5.82 Å². The second kappa shape index (κ2) is 11.8. The molecule has 0 unspecified atom stereocenters. The summed E-state index contributed by atoms with van der Waals surface area (Å²) in [5.74, 6) is -2.04. The first kappa shape index (κ1) is 25.8. The topological polar surface area (TPSA) is 143 Å². The zero-order chi connectivity index (χ0) is 24.4. The van der Waals surface area contributed by atoms with Crippen molar-refractivity contribution in [2.75, 3.05) is 19.1 Å². The van der Waals surface area contributed by atoms with Crippen LogP contribution in [0.1, 0.15) is 24.2 Å². The van der Waals surface area contributed by atoms with Gasteiger partial charge in [0.05, 0.1) is 16.9 Å². The number of carbonyl (C=O) groups excluding carboxylic acids is 3. The monoisotopic (exact) mass is 442 g/mol. The maximum Gasteiger partial charge on any atom is 0.316 e. The number of primary amides is 2. The molecule has 4 amide bonds. The fourth-order valence-corrected chi connectivity index (χ4v) is 2.56. The van der Waals surface area contributed by atoms with Crippen molar-refractivity contribution in [3.8, 4) is 11.1 Å². The predicted octanol–water partition coefficient (Wildman–Crippen LogP) is 2.34. The molecule has 0 fully saturated rings. The number of hydrogen-bond acceptors (Lipinski definition) is 5. The predicted molar refractivity (Wildman–Crippen MR) is 123 cm³/mol. The molecule has 6 N–H and O–H groups in total. The van der Waals surface area contributed by atoms with E-state index in [0.29, 0.717) is 16.8 Å². The van der Waals surface area contributed by atoms with Crippen molar-refractivity contribution in [3.63, 3.8) is 0 Å². The van der Waals surface area contributed by atoms with E-state index in [0.717, 1.165) is 0 Å². The van der Waals surface area contributed by atoms with Crippen molar-refractivity contribution in [3.05, 3.63) is 66.1 Å². The van der Waals surface area contributed by atoms with E-state index in [9.17, 15) is 18.8 Å². The van der Waals surface area contributed by atoms with Gasteiger partial charge in [0, 0.05) is 14.1 Å². The van der Waals surface area contributed by atoms with Gasteiger partial charge in [0.15, 0.2) is 5.71 Å². The van der Waals surface area contributed by atoms with Crippen molar-refractivity contribution < 1.29 is 18.8 Å². The average Bonchev–Trinajstić information content (AvgIpc) is 2.77. The summed E-state index contributed by atoms with van der Waals surface area (Å²) in [7, 11) is 2.99. The van der Waals surface area contributed by atoms with Gasteiger partial charge in [-0.2, -0.15) is 5.10 Å². The van der Waals surface area contributed by atoms with Gasteiger partial charge in [-0.3, -0.25) is 14.6 Å². The second-order valence-corrected chi connectivity index (χ2v) is 6.12. The molecule has 2 rings (SSSR count). The number of hydrogen-bond donors (Lipinski definition) is 4. The van der Waals surface area contributed by atoms with Gasteiger partial charge in [0.2, 0.25) is 0 Å². The SMILES string of the molecule is C=C(NC(N)=O)/C(=N\N(C)c1ccc(-c2ccc(C(=O)NC)c(F)c2)cc1)C(N)=O.CC. The lowest BCUT2D eigenvalue weighted by Gasteiger charge is -2.16. The molecule has 32 heavy (non-hydrogen) atoms. The van der Waals surface area contributed by atoms with E-state index >= 15 is 0 Å². The van der Waals surface area contributed by atoms with E-state index in [1.165, 1.54) is 24.2 Å². The molecule has 0 aromatic heterocycles. The summed E-state index contributed by atoms with van der Waals surface area (Å²) in [5, 5.41) is 9.94. The largest absolute Gasteiger partial charge is 0.364 e. The Balaban J connectivity index is 0.00000249. The maximum atomic E-state index is 14.2. The van der Waals surface area contributed by atoms with Crippen molar-refractivity contribution >= 4 is 29.2 Å². The average molecular weight is 442 g/mol. The van der Waals surface area contributed by atoms with Gasteiger partial charge in [-0.05, 0) is 35.4 Å². The quantitative estimate of drug-likeness (QED) is 0.385. The summed E-state index contributed by atoms with van der Waals surface area (Å²) in [4.78, 5) is 34.2. The standard InChI is InChI=1S/C20H21FN6O3.C2H6/c1-11(25-20(23)30)17(18(22)28)26-27(3)14-7-4-12(5-8-14)13-6-9-15(16(21)10-13)19(29)24-2;1-2/h4-10H,1H2,2-3H3,(H2,22,28)(H,24,29)(H3,23,25,30);1-2H3/b26-17+;. The lowest BCUT2D eigenvalue weighted by atomic mass is 10.0. The van der Waals surface area contributed by atoms with E-state index in [1.54, 1.807) is 37.4 Å². The number of nitrogens with zero attached hydrogens (tertiary/aromatic N) is 2. The summed E-state index contributed by atoms with van der Waals surface area (Å²) in [6.45, 7) is 7.52. The molecule has 0 bridgehead atoms. The number of hydrazone groups is 1. The number of halogens is 1. The molecule has 170 valence electrons. The molecule has 2 aromatic rings. The Morgan fingerprint density at radius 2 is 1.59 bits per heavy atom.